The van der Waals surface area contributed by atoms with Gasteiger partial charge in [0.25, 0.3) is 5.91 Å². The van der Waals surface area contributed by atoms with Gasteiger partial charge in [0.1, 0.15) is 5.00 Å². The summed E-state index contributed by atoms with van der Waals surface area (Å²) in [6, 6.07) is 7.64. The Kier molecular flexibility index (Phi) is 8.15. The molecule has 6 nitrogen and oxygen atoms in total. The van der Waals surface area contributed by atoms with Gasteiger partial charge < -0.3 is 14.8 Å². The minimum absolute atomic E-state index is 0.245. The third kappa shape index (κ3) is 6.29. The van der Waals surface area contributed by atoms with Crippen LogP contribution in [0.2, 0.25) is 0 Å². The fraction of sp³-hybridized carbons (Fsp3) is 0.318. The third-order valence-corrected chi connectivity index (χ3v) is 5.19. The van der Waals surface area contributed by atoms with Crippen molar-refractivity contribution in [1.82, 2.24) is 0 Å². The molecule has 1 heterocycles. The van der Waals surface area contributed by atoms with Crippen LogP contribution in [0.5, 0.6) is 0 Å². The van der Waals surface area contributed by atoms with Gasteiger partial charge in [0, 0.05) is 11.0 Å². The predicted molar refractivity (Wildman–Crippen MR) is 114 cm³/mol. The van der Waals surface area contributed by atoms with E-state index in [-0.39, 0.29) is 6.61 Å². The first-order chi connectivity index (χ1) is 13.8. The Hall–Kier alpha value is -2.93. The van der Waals surface area contributed by atoms with Gasteiger partial charge in [-0.2, -0.15) is 0 Å². The zero-order chi connectivity index (χ0) is 21.4. The fourth-order valence-corrected chi connectivity index (χ4v) is 3.85. The number of ether oxygens (including phenoxy) is 2. The molecule has 1 N–H and O–H groups in total. The molecular formula is C22H25NO5S. The smallest absolute Gasteiger partial charge is 0.341 e. The number of hydrogen-bond acceptors (Lipinski definition) is 6. The molecule has 29 heavy (non-hydrogen) atoms. The Bertz CT molecular complexity index is 912. The molecule has 0 aliphatic heterocycles. The highest BCUT2D eigenvalue weighted by molar-refractivity contribution is 7.16. The van der Waals surface area contributed by atoms with Crippen LogP contribution in [-0.4, -0.2) is 31.1 Å². The molecule has 1 aromatic heterocycles. The van der Waals surface area contributed by atoms with Crippen molar-refractivity contribution in [2.75, 3.05) is 18.5 Å². The number of hydrogen-bond donors (Lipinski definition) is 1. The topological polar surface area (TPSA) is 81.7 Å². The zero-order valence-corrected chi connectivity index (χ0v) is 17.9. The van der Waals surface area contributed by atoms with Crippen LogP contribution in [0.4, 0.5) is 5.00 Å². The molecule has 0 aliphatic carbocycles. The molecule has 0 radical (unpaired) electrons. The molecule has 0 aliphatic rings. The number of carbonyl (C=O) groups is 3. The summed E-state index contributed by atoms with van der Waals surface area (Å²) in [5.41, 5.74) is 3.20. The molecule has 0 saturated carbocycles. The number of anilines is 1. The van der Waals surface area contributed by atoms with Crippen LogP contribution in [0.1, 0.15) is 45.8 Å². The minimum atomic E-state index is -0.622. The van der Waals surface area contributed by atoms with Gasteiger partial charge in [-0.05, 0) is 44.4 Å². The summed E-state index contributed by atoms with van der Waals surface area (Å²) in [6.45, 7) is 7.33. The fourth-order valence-electron chi connectivity index (χ4n) is 2.70. The van der Waals surface area contributed by atoms with E-state index in [1.807, 2.05) is 45.0 Å². The van der Waals surface area contributed by atoms with E-state index < -0.39 is 24.5 Å². The van der Waals surface area contributed by atoms with E-state index in [2.05, 4.69) is 5.32 Å². The molecule has 1 aromatic carbocycles. The molecule has 2 aromatic rings. The lowest BCUT2D eigenvalue weighted by molar-refractivity contribution is -0.142. The van der Waals surface area contributed by atoms with Crippen LogP contribution in [0.3, 0.4) is 0 Å². The van der Waals surface area contributed by atoms with Gasteiger partial charge >= 0.3 is 11.9 Å². The van der Waals surface area contributed by atoms with Crippen molar-refractivity contribution in [3.63, 3.8) is 0 Å². The lowest BCUT2D eigenvalue weighted by Crippen LogP contribution is -2.21. The van der Waals surface area contributed by atoms with E-state index in [4.69, 9.17) is 9.47 Å². The van der Waals surface area contributed by atoms with Gasteiger partial charge in [-0.25, -0.2) is 9.59 Å². The maximum atomic E-state index is 12.3. The van der Waals surface area contributed by atoms with Gasteiger partial charge in [0.15, 0.2) is 6.61 Å². The van der Waals surface area contributed by atoms with Crippen LogP contribution in [0, 0.1) is 13.8 Å². The largest absolute Gasteiger partial charge is 0.462 e. The quantitative estimate of drug-likeness (QED) is 0.513. The average molecular weight is 416 g/mol. The summed E-state index contributed by atoms with van der Waals surface area (Å²) in [5, 5.41) is 3.07. The molecule has 7 heteroatoms. The number of amides is 1. The molecule has 2 rings (SSSR count). The lowest BCUT2D eigenvalue weighted by Gasteiger charge is -2.08. The van der Waals surface area contributed by atoms with Crippen molar-refractivity contribution >= 4 is 40.3 Å². The van der Waals surface area contributed by atoms with E-state index in [1.165, 1.54) is 17.4 Å². The second kappa shape index (κ2) is 10.6. The normalized spacial score (nSPS) is 10.8. The predicted octanol–water partition coefficient (Wildman–Crippen LogP) is 4.30. The number of carbonyl (C=O) groups excluding carboxylic acids is 3. The molecule has 0 saturated heterocycles. The third-order valence-electron chi connectivity index (χ3n) is 4.13. The van der Waals surface area contributed by atoms with Crippen molar-refractivity contribution in [2.24, 2.45) is 0 Å². The Balaban J connectivity index is 1.97. The maximum absolute atomic E-state index is 12.3. The summed E-state index contributed by atoms with van der Waals surface area (Å²) >= 11 is 1.30. The highest BCUT2D eigenvalue weighted by Crippen LogP contribution is 2.34. The Morgan fingerprint density at radius 3 is 2.38 bits per heavy atom. The van der Waals surface area contributed by atoms with Gasteiger partial charge in [-0.1, -0.05) is 36.8 Å². The molecule has 0 bridgehead atoms. The Morgan fingerprint density at radius 1 is 1.07 bits per heavy atom. The second-order valence-corrected chi connectivity index (χ2v) is 7.54. The molecule has 0 atom stereocenters. The zero-order valence-electron chi connectivity index (χ0n) is 17.0. The summed E-state index contributed by atoms with van der Waals surface area (Å²) in [5.74, 6) is -1.61. The maximum Gasteiger partial charge on any atom is 0.341 e. The van der Waals surface area contributed by atoms with Gasteiger partial charge in [0.2, 0.25) is 0 Å². The highest BCUT2D eigenvalue weighted by atomic mass is 32.1. The van der Waals surface area contributed by atoms with Crippen molar-refractivity contribution in [1.29, 1.82) is 0 Å². The standard InChI is InChI=1S/C22H25NO5S/c1-5-17-15(4)29-21(20(17)22(26)27-6-2)23-18(24)13-28-19(25)12-11-16-9-7-14(3)8-10-16/h7-12H,5-6,13H2,1-4H3,(H,23,24)/b12-11+. The molecule has 0 spiro atoms. The number of esters is 2. The van der Waals surface area contributed by atoms with E-state index in [0.717, 1.165) is 21.6 Å². The number of benzene rings is 1. The van der Waals surface area contributed by atoms with Crippen LogP contribution >= 0.6 is 11.3 Å². The Morgan fingerprint density at radius 2 is 1.76 bits per heavy atom. The Labute approximate surface area is 174 Å². The first kappa shape index (κ1) is 22.4. The lowest BCUT2D eigenvalue weighted by atomic mass is 10.1. The van der Waals surface area contributed by atoms with E-state index in [1.54, 1.807) is 13.0 Å². The first-order valence-electron chi connectivity index (χ1n) is 9.36. The molecular weight excluding hydrogens is 390 g/mol. The van der Waals surface area contributed by atoms with Gasteiger partial charge in [0.05, 0.1) is 12.2 Å². The summed E-state index contributed by atoms with van der Waals surface area (Å²) in [4.78, 5) is 37.3. The highest BCUT2D eigenvalue weighted by Gasteiger charge is 2.23. The van der Waals surface area contributed by atoms with E-state index in [9.17, 15) is 14.4 Å². The number of rotatable bonds is 8. The van der Waals surface area contributed by atoms with Crippen molar-refractivity contribution in [2.45, 2.75) is 34.1 Å². The van der Waals surface area contributed by atoms with E-state index >= 15 is 0 Å². The second-order valence-electron chi connectivity index (χ2n) is 6.31. The molecule has 0 fully saturated rings. The van der Waals surface area contributed by atoms with Gasteiger partial charge in [-0.3, -0.25) is 4.79 Å². The molecule has 0 unspecified atom stereocenters. The summed E-state index contributed by atoms with van der Waals surface area (Å²) in [6.07, 6.45) is 3.53. The number of nitrogens with one attached hydrogen (secondary N) is 1. The van der Waals surface area contributed by atoms with Crippen LogP contribution < -0.4 is 5.32 Å². The van der Waals surface area contributed by atoms with Crippen LogP contribution in [-0.2, 0) is 25.5 Å². The van der Waals surface area contributed by atoms with Crippen LogP contribution in [0.25, 0.3) is 6.08 Å². The SMILES string of the molecule is CCOC(=O)c1c(NC(=O)COC(=O)/C=C/c2ccc(C)cc2)sc(C)c1CC. The van der Waals surface area contributed by atoms with Crippen molar-refractivity contribution < 1.29 is 23.9 Å². The van der Waals surface area contributed by atoms with Crippen molar-refractivity contribution in [3.8, 4) is 0 Å². The van der Waals surface area contributed by atoms with E-state index in [0.29, 0.717) is 17.0 Å². The monoisotopic (exact) mass is 415 g/mol. The van der Waals surface area contributed by atoms with Gasteiger partial charge in [-0.15, -0.1) is 11.3 Å². The average Bonchev–Trinajstić information content (AvgIpc) is 3.00. The molecule has 154 valence electrons. The number of aryl methyl sites for hydroxylation is 2. The first-order valence-corrected chi connectivity index (χ1v) is 10.2. The van der Waals surface area contributed by atoms with Crippen LogP contribution in [0.15, 0.2) is 30.3 Å². The molecule has 1 amide bonds. The summed E-state index contributed by atoms with van der Waals surface area (Å²) in [7, 11) is 0. The summed E-state index contributed by atoms with van der Waals surface area (Å²) < 4.78 is 10.1. The van der Waals surface area contributed by atoms with Crippen molar-refractivity contribution in [3.05, 3.63) is 57.5 Å². The number of thiophene rings is 1. The minimum Gasteiger partial charge on any atom is -0.462 e.